The summed E-state index contributed by atoms with van der Waals surface area (Å²) in [6.45, 7) is 4.34. The Balaban J connectivity index is 2.06. The van der Waals surface area contributed by atoms with Gasteiger partial charge >= 0.3 is 6.01 Å². The van der Waals surface area contributed by atoms with Gasteiger partial charge in [-0.25, -0.2) is 0 Å². The van der Waals surface area contributed by atoms with Gasteiger partial charge in [0, 0.05) is 11.4 Å². The first kappa shape index (κ1) is 12.1. The predicted octanol–water partition coefficient (Wildman–Crippen LogP) is 1.88. The van der Waals surface area contributed by atoms with Crippen molar-refractivity contribution in [2.45, 2.75) is 20.0 Å². The molecule has 0 saturated carbocycles. The van der Waals surface area contributed by atoms with Gasteiger partial charge in [0.25, 0.3) is 0 Å². The molecule has 1 N–H and O–H groups in total. The van der Waals surface area contributed by atoms with Crippen molar-refractivity contribution in [1.82, 2.24) is 15.5 Å². The van der Waals surface area contributed by atoms with E-state index in [4.69, 9.17) is 4.42 Å². The molecule has 0 amide bonds. The van der Waals surface area contributed by atoms with Gasteiger partial charge in [-0.15, -0.1) is 16.4 Å². The van der Waals surface area contributed by atoms with Crippen LogP contribution in [0, 0.1) is 0 Å². The number of hydrogen-bond donors (Lipinski definition) is 1. The largest absolute Gasteiger partial charge is 0.407 e. The quantitative estimate of drug-likeness (QED) is 0.850. The van der Waals surface area contributed by atoms with Gasteiger partial charge in [0.1, 0.15) is 0 Å². The summed E-state index contributed by atoms with van der Waals surface area (Å²) >= 11 is 1.73. The first-order valence-electron chi connectivity index (χ1n) is 5.57. The van der Waals surface area contributed by atoms with Gasteiger partial charge in [0.15, 0.2) is 0 Å². The molecule has 2 heterocycles. The van der Waals surface area contributed by atoms with Crippen LogP contribution in [0.5, 0.6) is 0 Å². The lowest BCUT2D eigenvalue weighted by Crippen LogP contribution is -2.21. The minimum absolute atomic E-state index is 0.589. The number of nitrogens with one attached hydrogen (secondary N) is 1. The molecule has 0 aliphatic carbocycles. The van der Waals surface area contributed by atoms with Crippen molar-refractivity contribution in [3.05, 3.63) is 28.3 Å². The first-order chi connectivity index (χ1) is 8.33. The van der Waals surface area contributed by atoms with Crippen molar-refractivity contribution in [2.24, 2.45) is 0 Å². The predicted molar refractivity (Wildman–Crippen MR) is 68.1 cm³/mol. The number of nitrogens with zero attached hydrogens (tertiary/aromatic N) is 3. The summed E-state index contributed by atoms with van der Waals surface area (Å²) in [7, 11) is 1.85. The van der Waals surface area contributed by atoms with E-state index in [-0.39, 0.29) is 0 Å². The summed E-state index contributed by atoms with van der Waals surface area (Å²) in [5.74, 6) is 0.618. The van der Waals surface area contributed by atoms with E-state index in [1.165, 1.54) is 4.88 Å². The molecule has 0 aliphatic rings. The fraction of sp³-hybridized carbons (Fsp3) is 0.455. The van der Waals surface area contributed by atoms with Crippen molar-refractivity contribution in [3.8, 4) is 0 Å². The molecule has 92 valence electrons. The number of aromatic nitrogens is 2. The number of thiophene rings is 1. The normalized spacial score (nSPS) is 10.7. The van der Waals surface area contributed by atoms with Crippen LogP contribution in [0.2, 0.25) is 0 Å². The van der Waals surface area contributed by atoms with E-state index >= 15 is 0 Å². The highest BCUT2D eigenvalue weighted by Gasteiger charge is 2.13. The summed E-state index contributed by atoms with van der Waals surface area (Å²) in [5, 5.41) is 13.1. The van der Waals surface area contributed by atoms with E-state index in [0.717, 1.165) is 13.1 Å². The zero-order valence-electron chi connectivity index (χ0n) is 10.0. The summed E-state index contributed by atoms with van der Waals surface area (Å²) in [4.78, 5) is 3.36. The number of anilines is 1. The van der Waals surface area contributed by atoms with Crippen molar-refractivity contribution in [3.63, 3.8) is 0 Å². The maximum atomic E-state index is 5.57. The minimum atomic E-state index is 0.589. The van der Waals surface area contributed by atoms with Crippen molar-refractivity contribution < 1.29 is 4.42 Å². The average molecular weight is 252 g/mol. The molecule has 0 fully saturated rings. The van der Waals surface area contributed by atoms with Gasteiger partial charge in [0.2, 0.25) is 5.89 Å². The second kappa shape index (κ2) is 5.79. The zero-order valence-corrected chi connectivity index (χ0v) is 10.8. The van der Waals surface area contributed by atoms with Crippen LogP contribution in [0.4, 0.5) is 6.01 Å². The van der Waals surface area contributed by atoms with E-state index < -0.39 is 0 Å². The highest BCUT2D eigenvalue weighted by Crippen LogP contribution is 2.18. The second-order valence-electron chi connectivity index (χ2n) is 3.60. The Labute approximate surface area is 104 Å². The molecule has 2 aromatic rings. The number of rotatable bonds is 6. The molecular weight excluding hydrogens is 236 g/mol. The van der Waals surface area contributed by atoms with Crippen LogP contribution in [0.25, 0.3) is 0 Å². The third kappa shape index (κ3) is 3.04. The van der Waals surface area contributed by atoms with E-state index in [2.05, 4.69) is 38.8 Å². The second-order valence-corrected chi connectivity index (χ2v) is 4.63. The van der Waals surface area contributed by atoms with E-state index in [1.807, 2.05) is 13.1 Å². The molecule has 0 aromatic carbocycles. The Morgan fingerprint density at radius 3 is 3.00 bits per heavy atom. The maximum absolute atomic E-state index is 5.57. The molecule has 2 rings (SSSR count). The van der Waals surface area contributed by atoms with Crippen LogP contribution in [0.1, 0.15) is 17.7 Å². The third-order valence-corrected chi connectivity index (χ3v) is 3.22. The fourth-order valence-corrected chi connectivity index (χ4v) is 2.22. The number of hydrogen-bond acceptors (Lipinski definition) is 6. The molecular formula is C11H16N4OS. The molecule has 0 atom stereocenters. The van der Waals surface area contributed by atoms with Gasteiger partial charge in [0.05, 0.1) is 13.1 Å². The monoisotopic (exact) mass is 252 g/mol. The van der Waals surface area contributed by atoms with Crippen molar-refractivity contribution in [2.75, 3.05) is 18.5 Å². The Bertz CT molecular complexity index is 440. The molecule has 2 aromatic heterocycles. The molecule has 0 spiro atoms. The third-order valence-electron chi connectivity index (χ3n) is 2.36. The Morgan fingerprint density at radius 2 is 2.35 bits per heavy atom. The van der Waals surface area contributed by atoms with Crippen LogP contribution in [-0.4, -0.2) is 23.8 Å². The van der Waals surface area contributed by atoms with E-state index in [1.54, 1.807) is 11.3 Å². The summed E-state index contributed by atoms with van der Waals surface area (Å²) < 4.78 is 5.57. The highest BCUT2D eigenvalue weighted by atomic mass is 32.1. The summed E-state index contributed by atoms with van der Waals surface area (Å²) in [5.41, 5.74) is 0. The van der Waals surface area contributed by atoms with E-state index in [0.29, 0.717) is 18.5 Å². The lowest BCUT2D eigenvalue weighted by atomic mass is 10.4. The van der Waals surface area contributed by atoms with Crippen molar-refractivity contribution in [1.29, 1.82) is 0 Å². The van der Waals surface area contributed by atoms with Crippen LogP contribution < -0.4 is 10.2 Å². The zero-order chi connectivity index (χ0) is 12.1. The van der Waals surface area contributed by atoms with Gasteiger partial charge in [-0.1, -0.05) is 11.2 Å². The first-order valence-corrected chi connectivity index (χ1v) is 6.45. The topological polar surface area (TPSA) is 54.2 Å². The lowest BCUT2D eigenvalue weighted by molar-refractivity contribution is 0.471. The molecule has 6 heteroatoms. The average Bonchev–Trinajstić information content (AvgIpc) is 2.97. The fourth-order valence-electron chi connectivity index (χ4n) is 1.50. The van der Waals surface area contributed by atoms with Gasteiger partial charge in [-0.2, -0.15) is 0 Å². The molecule has 5 nitrogen and oxygen atoms in total. The highest BCUT2D eigenvalue weighted by molar-refractivity contribution is 7.09. The van der Waals surface area contributed by atoms with Crippen molar-refractivity contribution >= 4 is 17.4 Å². The van der Waals surface area contributed by atoms with Crippen LogP contribution in [0.15, 0.2) is 21.9 Å². The van der Waals surface area contributed by atoms with Crippen LogP contribution in [-0.2, 0) is 13.1 Å². The van der Waals surface area contributed by atoms with Crippen LogP contribution >= 0.6 is 11.3 Å². The van der Waals surface area contributed by atoms with Crippen LogP contribution in [0.3, 0.4) is 0 Å². The summed E-state index contributed by atoms with van der Waals surface area (Å²) in [6.07, 6.45) is 0. The van der Waals surface area contributed by atoms with E-state index in [9.17, 15) is 0 Å². The smallest absolute Gasteiger partial charge is 0.318 e. The molecule has 0 saturated heterocycles. The van der Waals surface area contributed by atoms with Gasteiger partial charge in [-0.3, -0.25) is 0 Å². The molecule has 0 aliphatic heterocycles. The molecule has 0 radical (unpaired) electrons. The Morgan fingerprint density at radius 1 is 1.47 bits per heavy atom. The van der Waals surface area contributed by atoms with Gasteiger partial charge in [-0.05, 0) is 25.4 Å². The molecule has 17 heavy (non-hydrogen) atoms. The minimum Gasteiger partial charge on any atom is -0.407 e. The Hall–Kier alpha value is -1.40. The Kier molecular flexibility index (Phi) is 4.11. The van der Waals surface area contributed by atoms with Gasteiger partial charge < -0.3 is 14.6 Å². The molecule has 0 bridgehead atoms. The lowest BCUT2D eigenvalue weighted by Gasteiger charge is -2.16. The maximum Gasteiger partial charge on any atom is 0.318 e. The standard InChI is InChI=1S/C11H16N4OS/c1-3-15(8-9-5-4-6-17-9)11-14-13-10(16-11)7-12-2/h4-6,12H,3,7-8H2,1-2H3. The molecule has 0 unspecified atom stereocenters. The summed E-state index contributed by atoms with van der Waals surface area (Å²) in [6, 6.07) is 4.75. The SMILES string of the molecule is CCN(Cc1cccs1)c1nnc(CNC)o1.